The van der Waals surface area contributed by atoms with Crippen molar-refractivity contribution in [3.05, 3.63) is 12.2 Å². The lowest BCUT2D eigenvalue weighted by Crippen LogP contribution is -2.24. The lowest BCUT2D eigenvalue weighted by Gasteiger charge is -2.09. The zero-order valence-corrected chi connectivity index (χ0v) is 7.94. The van der Waals surface area contributed by atoms with Gasteiger partial charge in [-0.25, -0.2) is 0 Å². The van der Waals surface area contributed by atoms with Crippen LogP contribution in [0.15, 0.2) is 12.2 Å². The standard InChI is InChI=1S/C10H19NO/c1-3-9(2)6-11-7-10-4-5-12-8-10/h10-11H,2-8H2,1H3. The summed E-state index contributed by atoms with van der Waals surface area (Å²) in [5, 5.41) is 3.40. The van der Waals surface area contributed by atoms with E-state index in [1.807, 2.05) is 0 Å². The minimum absolute atomic E-state index is 0.731. The second-order valence-electron chi connectivity index (χ2n) is 3.46. The number of hydrogen-bond donors (Lipinski definition) is 1. The van der Waals surface area contributed by atoms with E-state index >= 15 is 0 Å². The number of nitrogens with one attached hydrogen (secondary N) is 1. The molecule has 1 saturated heterocycles. The minimum atomic E-state index is 0.731. The molecule has 0 spiro atoms. The van der Waals surface area contributed by atoms with E-state index in [0.29, 0.717) is 0 Å². The van der Waals surface area contributed by atoms with Crippen LogP contribution in [0.4, 0.5) is 0 Å². The fraction of sp³-hybridized carbons (Fsp3) is 0.800. The van der Waals surface area contributed by atoms with E-state index < -0.39 is 0 Å². The summed E-state index contributed by atoms with van der Waals surface area (Å²) in [6.07, 6.45) is 2.29. The van der Waals surface area contributed by atoms with Crippen LogP contribution in [0.3, 0.4) is 0 Å². The Morgan fingerprint density at radius 1 is 1.67 bits per heavy atom. The van der Waals surface area contributed by atoms with Crippen molar-refractivity contribution in [2.24, 2.45) is 5.92 Å². The van der Waals surface area contributed by atoms with Gasteiger partial charge in [0.1, 0.15) is 0 Å². The zero-order valence-electron chi connectivity index (χ0n) is 7.94. The van der Waals surface area contributed by atoms with Crippen molar-refractivity contribution in [3.63, 3.8) is 0 Å². The van der Waals surface area contributed by atoms with E-state index in [2.05, 4.69) is 18.8 Å². The molecule has 12 heavy (non-hydrogen) atoms. The maximum Gasteiger partial charge on any atom is 0.0507 e. The quantitative estimate of drug-likeness (QED) is 0.631. The Hall–Kier alpha value is -0.340. The van der Waals surface area contributed by atoms with E-state index in [1.165, 1.54) is 12.0 Å². The number of ether oxygens (including phenoxy) is 1. The molecular formula is C10H19NO. The van der Waals surface area contributed by atoms with Crippen LogP contribution in [0.5, 0.6) is 0 Å². The summed E-state index contributed by atoms with van der Waals surface area (Å²) < 4.78 is 5.28. The molecule has 0 radical (unpaired) electrons. The molecule has 0 aliphatic carbocycles. The van der Waals surface area contributed by atoms with Gasteiger partial charge in [0.25, 0.3) is 0 Å². The van der Waals surface area contributed by atoms with Crippen molar-refractivity contribution in [1.82, 2.24) is 5.32 Å². The fourth-order valence-corrected chi connectivity index (χ4v) is 1.32. The largest absolute Gasteiger partial charge is 0.381 e. The number of hydrogen-bond acceptors (Lipinski definition) is 2. The molecule has 1 unspecified atom stereocenters. The molecule has 0 amide bonds. The lowest BCUT2D eigenvalue weighted by atomic mass is 10.1. The normalized spacial score (nSPS) is 22.9. The first-order valence-electron chi connectivity index (χ1n) is 4.78. The van der Waals surface area contributed by atoms with Crippen LogP contribution in [0, 0.1) is 5.92 Å². The highest BCUT2D eigenvalue weighted by Crippen LogP contribution is 2.10. The Morgan fingerprint density at radius 2 is 2.50 bits per heavy atom. The first-order valence-corrected chi connectivity index (χ1v) is 4.78. The van der Waals surface area contributed by atoms with Crippen molar-refractivity contribution in [2.75, 3.05) is 26.3 Å². The molecule has 0 saturated carbocycles. The van der Waals surface area contributed by atoms with Gasteiger partial charge in [-0.2, -0.15) is 0 Å². The molecule has 1 aliphatic heterocycles. The van der Waals surface area contributed by atoms with Gasteiger partial charge < -0.3 is 10.1 Å². The Kier molecular flexibility index (Phi) is 4.33. The molecule has 2 heteroatoms. The molecule has 1 atom stereocenters. The van der Waals surface area contributed by atoms with E-state index in [9.17, 15) is 0 Å². The van der Waals surface area contributed by atoms with Gasteiger partial charge in [-0.05, 0) is 18.8 Å². The van der Waals surface area contributed by atoms with E-state index in [4.69, 9.17) is 4.74 Å². The van der Waals surface area contributed by atoms with Gasteiger partial charge in [0.2, 0.25) is 0 Å². The minimum Gasteiger partial charge on any atom is -0.381 e. The predicted molar refractivity (Wildman–Crippen MR) is 51.2 cm³/mol. The van der Waals surface area contributed by atoms with Crippen molar-refractivity contribution >= 4 is 0 Å². The molecule has 0 aromatic carbocycles. The van der Waals surface area contributed by atoms with E-state index in [-0.39, 0.29) is 0 Å². The van der Waals surface area contributed by atoms with Crippen LogP contribution in [-0.4, -0.2) is 26.3 Å². The average molecular weight is 169 g/mol. The van der Waals surface area contributed by atoms with Gasteiger partial charge in [0.05, 0.1) is 6.61 Å². The first kappa shape index (κ1) is 9.75. The third kappa shape index (κ3) is 3.37. The highest BCUT2D eigenvalue weighted by molar-refractivity contribution is 4.94. The molecule has 1 N–H and O–H groups in total. The van der Waals surface area contributed by atoms with Gasteiger partial charge in [-0.1, -0.05) is 19.1 Å². The average Bonchev–Trinajstić information content (AvgIpc) is 2.57. The smallest absolute Gasteiger partial charge is 0.0507 e. The third-order valence-electron chi connectivity index (χ3n) is 2.33. The van der Waals surface area contributed by atoms with Gasteiger partial charge >= 0.3 is 0 Å². The lowest BCUT2D eigenvalue weighted by molar-refractivity contribution is 0.185. The SMILES string of the molecule is C=C(CC)CNCC1CCOC1. The molecule has 0 aromatic heterocycles. The summed E-state index contributed by atoms with van der Waals surface area (Å²) in [5.74, 6) is 0.731. The highest BCUT2D eigenvalue weighted by atomic mass is 16.5. The topological polar surface area (TPSA) is 21.3 Å². The molecule has 2 nitrogen and oxygen atoms in total. The van der Waals surface area contributed by atoms with Crippen LogP contribution >= 0.6 is 0 Å². The summed E-state index contributed by atoms with van der Waals surface area (Å²) in [5.41, 5.74) is 1.29. The van der Waals surface area contributed by atoms with Gasteiger partial charge in [-0.15, -0.1) is 0 Å². The van der Waals surface area contributed by atoms with Gasteiger partial charge in [0.15, 0.2) is 0 Å². The van der Waals surface area contributed by atoms with Crippen molar-refractivity contribution in [2.45, 2.75) is 19.8 Å². The van der Waals surface area contributed by atoms with Crippen molar-refractivity contribution in [1.29, 1.82) is 0 Å². The van der Waals surface area contributed by atoms with Crippen LogP contribution in [0.25, 0.3) is 0 Å². The van der Waals surface area contributed by atoms with Gasteiger partial charge in [0, 0.05) is 19.7 Å². The molecule has 1 heterocycles. The molecular weight excluding hydrogens is 150 g/mol. The second-order valence-corrected chi connectivity index (χ2v) is 3.46. The van der Waals surface area contributed by atoms with Crippen LogP contribution in [0.2, 0.25) is 0 Å². The maximum absolute atomic E-state index is 5.28. The Morgan fingerprint density at radius 3 is 3.08 bits per heavy atom. The Bertz CT molecular complexity index is 139. The summed E-state index contributed by atoms with van der Waals surface area (Å²) >= 11 is 0. The monoisotopic (exact) mass is 169 g/mol. The molecule has 1 rings (SSSR count). The highest BCUT2D eigenvalue weighted by Gasteiger charge is 2.14. The van der Waals surface area contributed by atoms with Crippen molar-refractivity contribution < 1.29 is 4.74 Å². The molecule has 1 aliphatic rings. The van der Waals surface area contributed by atoms with Crippen LogP contribution < -0.4 is 5.32 Å². The molecule has 0 bridgehead atoms. The summed E-state index contributed by atoms with van der Waals surface area (Å²) in [6.45, 7) is 10.0. The fourth-order valence-electron chi connectivity index (χ4n) is 1.32. The second kappa shape index (κ2) is 5.33. The summed E-state index contributed by atoms with van der Waals surface area (Å²) in [6, 6.07) is 0. The first-order chi connectivity index (χ1) is 5.83. The van der Waals surface area contributed by atoms with Gasteiger partial charge in [-0.3, -0.25) is 0 Å². The Balaban J connectivity index is 1.97. The third-order valence-corrected chi connectivity index (χ3v) is 2.33. The predicted octanol–water partition coefficient (Wildman–Crippen LogP) is 1.58. The maximum atomic E-state index is 5.28. The molecule has 0 aromatic rings. The zero-order chi connectivity index (χ0) is 8.81. The molecule has 70 valence electrons. The van der Waals surface area contributed by atoms with Crippen LogP contribution in [0.1, 0.15) is 19.8 Å². The van der Waals surface area contributed by atoms with Crippen molar-refractivity contribution in [3.8, 4) is 0 Å². The van der Waals surface area contributed by atoms with Crippen LogP contribution in [-0.2, 0) is 4.74 Å². The summed E-state index contributed by atoms with van der Waals surface area (Å²) in [4.78, 5) is 0. The summed E-state index contributed by atoms with van der Waals surface area (Å²) in [7, 11) is 0. The number of rotatable bonds is 5. The molecule has 1 fully saturated rings. The van der Waals surface area contributed by atoms with E-state index in [1.54, 1.807) is 0 Å². The Labute approximate surface area is 75.0 Å². The van der Waals surface area contributed by atoms with E-state index in [0.717, 1.165) is 38.6 Å².